The predicted octanol–water partition coefficient (Wildman–Crippen LogP) is 5.00. The molecule has 20 heavy (non-hydrogen) atoms. The molecule has 0 unspecified atom stereocenters. The fourth-order valence-electron chi connectivity index (χ4n) is 1.91. The fraction of sp³-hybridized carbons (Fsp3) is 0.294. The van der Waals surface area contributed by atoms with Crippen LogP contribution in [0, 0.1) is 5.82 Å². The molecule has 0 aliphatic carbocycles. The highest BCUT2D eigenvalue weighted by molar-refractivity contribution is 7.98. The van der Waals surface area contributed by atoms with Gasteiger partial charge < -0.3 is 5.73 Å². The van der Waals surface area contributed by atoms with Crippen LogP contribution in [0.3, 0.4) is 0 Å². The van der Waals surface area contributed by atoms with Crippen LogP contribution in [0.4, 0.5) is 10.1 Å². The molecule has 0 spiro atoms. The Bertz CT molecular complexity index is 585. The van der Waals surface area contributed by atoms with Gasteiger partial charge in [0.25, 0.3) is 0 Å². The van der Waals surface area contributed by atoms with E-state index in [4.69, 9.17) is 5.73 Å². The fourth-order valence-corrected chi connectivity index (χ4v) is 2.82. The summed E-state index contributed by atoms with van der Waals surface area (Å²) in [6.45, 7) is 6.61. The van der Waals surface area contributed by atoms with E-state index in [0.717, 1.165) is 11.3 Å². The summed E-state index contributed by atoms with van der Waals surface area (Å²) < 4.78 is 13.0. The molecule has 2 N–H and O–H groups in total. The van der Waals surface area contributed by atoms with Crippen LogP contribution in [-0.2, 0) is 11.2 Å². The normalized spacial score (nSPS) is 11.6. The molecule has 0 saturated heterocycles. The van der Waals surface area contributed by atoms with Gasteiger partial charge in [-0.15, -0.1) is 11.8 Å². The third kappa shape index (κ3) is 3.76. The van der Waals surface area contributed by atoms with E-state index in [1.807, 2.05) is 0 Å². The van der Waals surface area contributed by atoms with E-state index in [0.29, 0.717) is 5.69 Å². The summed E-state index contributed by atoms with van der Waals surface area (Å²) in [7, 11) is 0. The van der Waals surface area contributed by atoms with Crippen molar-refractivity contribution in [2.24, 2.45) is 0 Å². The highest BCUT2D eigenvalue weighted by atomic mass is 32.2. The summed E-state index contributed by atoms with van der Waals surface area (Å²) in [4.78, 5) is 1.20. The topological polar surface area (TPSA) is 26.0 Å². The molecule has 0 aromatic heterocycles. The molecule has 2 aromatic rings. The molecule has 3 heteroatoms. The lowest BCUT2D eigenvalue weighted by molar-refractivity contribution is 0.590. The highest BCUT2D eigenvalue weighted by Gasteiger charge is 2.12. The maximum atomic E-state index is 13.0. The van der Waals surface area contributed by atoms with Crippen LogP contribution in [0.15, 0.2) is 47.4 Å². The second-order valence-corrected chi connectivity index (χ2v) is 6.95. The maximum absolute atomic E-state index is 13.0. The summed E-state index contributed by atoms with van der Waals surface area (Å²) in [5.41, 5.74) is 8.79. The zero-order valence-electron chi connectivity index (χ0n) is 12.1. The van der Waals surface area contributed by atoms with Crippen molar-refractivity contribution in [3.05, 3.63) is 59.4 Å². The number of hydrogen-bond acceptors (Lipinski definition) is 2. The van der Waals surface area contributed by atoms with Gasteiger partial charge in [-0.3, -0.25) is 0 Å². The number of hydrogen-bond donors (Lipinski definition) is 1. The van der Waals surface area contributed by atoms with Gasteiger partial charge >= 0.3 is 0 Å². The average molecular weight is 289 g/mol. The van der Waals surface area contributed by atoms with E-state index in [9.17, 15) is 4.39 Å². The Morgan fingerprint density at radius 3 is 2.25 bits per heavy atom. The van der Waals surface area contributed by atoms with Crippen LogP contribution in [0.5, 0.6) is 0 Å². The lowest BCUT2D eigenvalue weighted by atomic mass is 9.87. The van der Waals surface area contributed by atoms with Crippen LogP contribution < -0.4 is 5.73 Å². The molecule has 0 amide bonds. The number of nitrogen functional groups attached to an aromatic ring is 1. The zero-order valence-corrected chi connectivity index (χ0v) is 12.9. The Kier molecular flexibility index (Phi) is 4.39. The third-order valence-electron chi connectivity index (χ3n) is 3.22. The number of halogens is 1. The van der Waals surface area contributed by atoms with Gasteiger partial charge in [-0.05, 0) is 40.8 Å². The van der Waals surface area contributed by atoms with E-state index in [-0.39, 0.29) is 11.2 Å². The van der Waals surface area contributed by atoms with Crippen molar-refractivity contribution < 1.29 is 4.39 Å². The minimum atomic E-state index is -0.286. The smallest absolute Gasteiger partial charge is 0.125 e. The lowest BCUT2D eigenvalue weighted by Gasteiger charge is -2.19. The van der Waals surface area contributed by atoms with Gasteiger partial charge in [-0.1, -0.05) is 39.0 Å². The average Bonchev–Trinajstić information content (AvgIpc) is 2.37. The third-order valence-corrected chi connectivity index (χ3v) is 4.28. The van der Waals surface area contributed by atoms with Crippen molar-refractivity contribution in [2.75, 3.05) is 5.73 Å². The summed E-state index contributed by atoms with van der Waals surface area (Å²) in [5, 5.41) is 0. The molecule has 0 radical (unpaired) electrons. The molecule has 2 aromatic carbocycles. The number of nitrogens with two attached hydrogens (primary N) is 1. The van der Waals surface area contributed by atoms with Gasteiger partial charge in [0.1, 0.15) is 5.82 Å². The first-order valence-electron chi connectivity index (χ1n) is 6.63. The molecule has 1 nitrogen and oxygen atoms in total. The molecule has 0 bridgehead atoms. The van der Waals surface area contributed by atoms with Crippen LogP contribution in [-0.4, -0.2) is 0 Å². The largest absolute Gasteiger partial charge is 0.398 e. The van der Waals surface area contributed by atoms with E-state index in [1.165, 1.54) is 22.6 Å². The van der Waals surface area contributed by atoms with Crippen LogP contribution in [0.2, 0.25) is 0 Å². The van der Waals surface area contributed by atoms with E-state index in [2.05, 4.69) is 45.0 Å². The molecule has 106 valence electrons. The molecule has 0 aliphatic heterocycles. The molecular formula is C17H20FNS. The van der Waals surface area contributed by atoms with E-state index in [1.54, 1.807) is 17.8 Å². The number of rotatable bonds is 3. The summed E-state index contributed by atoms with van der Waals surface area (Å²) in [5.74, 6) is 0.465. The molecule has 0 fully saturated rings. The Morgan fingerprint density at radius 2 is 1.70 bits per heavy atom. The van der Waals surface area contributed by atoms with Gasteiger partial charge in [0, 0.05) is 16.3 Å². The molecular weight excluding hydrogens is 269 g/mol. The number of anilines is 1. The van der Waals surface area contributed by atoms with Crippen LogP contribution in [0.25, 0.3) is 0 Å². The highest BCUT2D eigenvalue weighted by Crippen LogP contribution is 2.28. The molecule has 0 atom stereocenters. The van der Waals surface area contributed by atoms with Crippen molar-refractivity contribution in [2.45, 2.75) is 36.8 Å². The first-order chi connectivity index (χ1) is 9.36. The Hall–Kier alpha value is -1.48. The Balaban J connectivity index is 2.04. The first kappa shape index (κ1) is 14.9. The van der Waals surface area contributed by atoms with Gasteiger partial charge in [0.2, 0.25) is 0 Å². The predicted molar refractivity (Wildman–Crippen MR) is 85.5 cm³/mol. The molecule has 2 rings (SSSR count). The van der Waals surface area contributed by atoms with Crippen molar-refractivity contribution in [1.82, 2.24) is 0 Å². The quantitative estimate of drug-likeness (QED) is 0.636. The zero-order chi connectivity index (χ0) is 14.8. The van der Waals surface area contributed by atoms with Crippen molar-refractivity contribution >= 4 is 17.4 Å². The van der Waals surface area contributed by atoms with Crippen molar-refractivity contribution in [3.63, 3.8) is 0 Å². The van der Waals surface area contributed by atoms with Crippen LogP contribution >= 0.6 is 11.8 Å². The second-order valence-electron chi connectivity index (χ2n) is 5.91. The first-order valence-corrected chi connectivity index (χ1v) is 7.62. The van der Waals surface area contributed by atoms with Gasteiger partial charge in [-0.2, -0.15) is 0 Å². The minimum absolute atomic E-state index is 0.171. The minimum Gasteiger partial charge on any atom is -0.398 e. The monoisotopic (exact) mass is 289 g/mol. The van der Waals surface area contributed by atoms with Gasteiger partial charge in [0.15, 0.2) is 0 Å². The van der Waals surface area contributed by atoms with Gasteiger partial charge in [-0.25, -0.2) is 4.39 Å². The number of benzene rings is 2. The standard InChI is InChI=1S/C17H20FNS/c1-17(2,3)13-5-8-15(9-6-13)20-11-12-4-7-14(18)10-16(12)19/h4-10H,11,19H2,1-3H3. The molecule has 0 saturated carbocycles. The van der Waals surface area contributed by atoms with E-state index >= 15 is 0 Å². The SMILES string of the molecule is CC(C)(C)c1ccc(SCc2ccc(F)cc2N)cc1. The second kappa shape index (κ2) is 5.88. The lowest BCUT2D eigenvalue weighted by Crippen LogP contribution is -2.10. The molecule has 0 aliphatic rings. The summed E-state index contributed by atoms with van der Waals surface area (Å²) in [6.07, 6.45) is 0. The summed E-state index contributed by atoms with van der Waals surface area (Å²) in [6, 6.07) is 13.2. The maximum Gasteiger partial charge on any atom is 0.125 e. The molecule has 0 heterocycles. The van der Waals surface area contributed by atoms with E-state index < -0.39 is 0 Å². The Morgan fingerprint density at radius 1 is 1.05 bits per heavy atom. The number of thioether (sulfide) groups is 1. The van der Waals surface area contributed by atoms with Crippen LogP contribution in [0.1, 0.15) is 31.9 Å². The summed E-state index contributed by atoms with van der Waals surface area (Å²) >= 11 is 1.71. The Labute approximate surface area is 124 Å². The van der Waals surface area contributed by atoms with Crippen molar-refractivity contribution in [3.8, 4) is 0 Å². The van der Waals surface area contributed by atoms with Gasteiger partial charge in [0.05, 0.1) is 0 Å². The van der Waals surface area contributed by atoms with Crippen molar-refractivity contribution in [1.29, 1.82) is 0 Å².